The average Bonchev–Trinajstić information content (AvgIpc) is 3.09. The lowest BCUT2D eigenvalue weighted by molar-refractivity contribution is 0.0571. The first-order valence-corrected chi connectivity index (χ1v) is 7.39. The summed E-state index contributed by atoms with van der Waals surface area (Å²) in [6.07, 6.45) is 3.65. The maximum atomic E-state index is 12.7. The van der Waals surface area contributed by atoms with Gasteiger partial charge < -0.3 is 9.64 Å². The molecule has 2 heterocycles. The number of carbonyl (C=O) groups excluding carboxylic acids is 1. The van der Waals surface area contributed by atoms with Gasteiger partial charge in [0.2, 0.25) is 0 Å². The third-order valence-corrected chi connectivity index (χ3v) is 3.92. The monoisotopic (exact) mass is 301 g/mol. The first-order valence-electron chi connectivity index (χ1n) is 7.39. The molecule has 0 bridgehead atoms. The van der Waals surface area contributed by atoms with Gasteiger partial charge in [-0.3, -0.25) is 4.79 Å². The first-order chi connectivity index (χ1) is 10.8. The fraction of sp³-hybridized carbons (Fsp3) is 0.467. The number of aromatic nitrogens is 4. The lowest BCUT2D eigenvalue weighted by Crippen LogP contribution is -2.41. The smallest absolute Gasteiger partial charge is 0.253 e. The minimum Gasteiger partial charge on any atom is -0.384 e. The predicted octanol–water partition coefficient (Wildman–Crippen LogP) is 1.16. The largest absolute Gasteiger partial charge is 0.384 e. The minimum absolute atomic E-state index is 0.0516. The quantitative estimate of drug-likeness (QED) is 0.847. The highest BCUT2D eigenvalue weighted by molar-refractivity contribution is 5.94. The van der Waals surface area contributed by atoms with Crippen LogP contribution < -0.4 is 0 Å². The van der Waals surface area contributed by atoms with Gasteiger partial charge in [0.05, 0.1) is 12.3 Å². The van der Waals surface area contributed by atoms with Crippen LogP contribution in [0.2, 0.25) is 0 Å². The molecule has 0 radical (unpaired) electrons. The summed E-state index contributed by atoms with van der Waals surface area (Å²) in [7, 11) is 1.70. The summed E-state index contributed by atoms with van der Waals surface area (Å²) in [6, 6.07) is 7.37. The minimum atomic E-state index is 0.0516. The first kappa shape index (κ1) is 14.6. The van der Waals surface area contributed by atoms with Crippen molar-refractivity contribution in [2.45, 2.75) is 12.8 Å². The molecule has 1 atom stereocenters. The number of piperidine rings is 1. The van der Waals surface area contributed by atoms with Gasteiger partial charge in [-0.25, -0.2) is 4.68 Å². The number of carbonyl (C=O) groups is 1. The molecule has 2 aromatic rings. The Morgan fingerprint density at radius 3 is 3.14 bits per heavy atom. The normalized spacial score (nSPS) is 18.4. The maximum absolute atomic E-state index is 12.7. The second-order valence-corrected chi connectivity index (χ2v) is 5.52. The number of hydrogen-bond donors (Lipinski definition) is 0. The summed E-state index contributed by atoms with van der Waals surface area (Å²) in [5.41, 5.74) is 1.44. The van der Waals surface area contributed by atoms with E-state index in [1.807, 2.05) is 29.2 Å². The summed E-state index contributed by atoms with van der Waals surface area (Å²) in [5, 5.41) is 11.1. The van der Waals surface area contributed by atoms with Crippen LogP contribution in [-0.4, -0.2) is 57.8 Å². The van der Waals surface area contributed by atoms with Crippen LogP contribution in [-0.2, 0) is 4.74 Å². The molecule has 1 unspecified atom stereocenters. The second kappa shape index (κ2) is 6.65. The number of likely N-dealkylation sites (tertiary alicyclic amines) is 1. The van der Waals surface area contributed by atoms with Crippen LogP contribution in [0.5, 0.6) is 0 Å². The van der Waals surface area contributed by atoms with Gasteiger partial charge in [0.15, 0.2) is 0 Å². The van der Waals surface area contributed by atoms with Crippen LogP contribution in [0.25, 0.3) is 5.69 Å². The zero-order valence-electron chi connectivity index (χ0n) is 12.6. The number of methoxy groups -OCH3 is 1. The van der Waals surface area contributed by atoms with Crippen molar-refractivity contribution in [1.82, 2.24) is 25.1 Å². The highest BCUT2D eigenvalue weighted by Gasteiger charge is 2.24. The van der Waals surface area contributed by atoms with Crippen LogP contribution in [0.3, 0.4) is 0 Å². The van der Waals surface area contributed by atoms with E-state index >= 15 is 0 Å². The number of ether oxygens (including phenoxy) is 1. The van der Waals surface area contributed by atoms with E-state index < -0.39 is 0 Å². The van der Waals surface area contributed by atoms with Gasteiger partial charge in [-0.1, -0.05) is 6.07 Å². The molecule has 0 N–H and O–H groups in total. The van der Waals surface area contributed by atoms with E-state index in [-0.39, 0.29) is 5.91 Å². The molecule has 1 aromatic carbocycles. The lowest BCUT2D eigenvalue weighted by atomic mass is 9.98. The van der Waals surface area contributed by atoms with Crippen molar-refractivity contribution in [2.75, 3.05) is 26.8 Å². The summed E-state index contributed by atoms with van der Waals surface area (Å²) >= 11 is 0. The number of benzene rings is 1. The Morgan fingerprint density at radius 2 is 2.36 bits per heavy atom. The molecule has 22 heavy (non-hydrogen) atoms. The van der Waals surface area contributed by atoms with Crippen molar-refractivity contribution >= 4 is 5.91 Å². The van der Waals surface area contributed by atoms with E-state index in [0.29, 0.717) is 18.1 Å². The number of nitrogens with zero attached hydrogens (tertiary/aromatic N) is 5. The number of tetrazole rings is 1. The number of rotatable bonds is 4. The molecule has 0 aliphatic carbocycles. The molecule has 1 aliphatic rings. The van der Waals surface area contributed by atoms with Crippen molar-refractivity contribution < 1.29 is 9.53 Å². The fourth-order valence-corrected chi connectivity index (χ4v) is 2.86. The molecule has 1 aromatic heterocycles. The topological polar surface area (TPSA) is 73.1 Å². The molecule has 1 saturated heterocycles. The molecule has 1 fully saturated rings. The zero-order chi connectivity index (χ0) is 15.4. The van der Waals surface area contributed by atoms with E-state index in [9.17, 15) is 4.79 Å². The van der Waals surface area contributed by atoms with Gasteiger partial charge >= 0.3 is 0 Å². The van der Waals surface area contributed by atoms with E-state index in [0.717, 1.165) is 31.6 Å². The Kier molecular flexibility index (Phi) is 4.43. The SMILES string of the molecule is COCC1CCCN(C(=O)c2cccc(-n3cnnn3)c2)C1. The van der Waals surface area contributed by atoms with E-state index in [4.69, 9.17) is 4.74 Å². The summed E-state index contributed by atoms with van der Waals surface area (Å²) < 4.78 is 6.76. The van der Waals surface area contributed by atoms with Crippen LogP contribution in [0, 0.1) is 5.92 Å². The third-order valence-electron chi connectivity index (χ3n) is 3.92. The molecule has 0 saturated carbocycles. The van der Waals surface area contributed by atoms with Crippen LogP contribution >= 0.6 is 0 Å². The van der Waals surface area contributed by atoms with Crippen molar-refractivity contribution in [3.8, 4) is 5.69 Å². The molecule has 7 heteroatoms. The number of hydrogen-bond acceptors (Lipinski definition) is 5. The van der Waals surface area contributed by atoms with Crippen LogP contribution in [0.1, 0.15) is 23.2 Å². The van der Waals surface area contributed by atoms with Crippen molar-refractivity contribution in [3.63, 3.8) is 0 Å². The molecule has 1 amide bonds. The summed E-state index contributed by atoms with van der Waals surface area (Å²) in [5.74, 6) is 0.473. The molecule has 116 valence electrons. The summed E-state index contributed by atoms with van der Waals surface area (Å²) in [6.45, 7) is 2.25. The highest BCUT2D eigenvalue weighted by Crippen LogP contribution is 2.19. The third kappa shape index (κ3) is 3.14. The van der Waals surface area contributed by atoms with Gasteiger partial charge in [0.25, 0.3) is 5.91 Å². The molecule has 0 spiro atoms. The Hall–Kier alpha value is -2.28. The number of amides is 1. The van der Waals surface area contributed by atoms with Crippen LogP contribution in [0.15, 0.2) is 30.6 Å². The predicted molar refractivity (Wildman–Crippen MR) is 79.7 cm³/mol. The van der Waals surface area contributed by atoms with E-state index in [1.54, 1.807) is 11.8 Å². The molecule has 7 nitrogen and oxygen atoms in total. The lowest BCUT2D eigenvalue weighted by Gasteiger charge is -2.32. The Balaban J connectivity index is 1.76. The Morgan fingerprint density at radius 1 is 1.45 bits per heavy atom. The summed E-state index contributed by atoms with van der Waals surface area (Å²) in [4.78, 5) is 14.6. The highest BCUT2D eigenvalue weighted by atomic mass is 16.5. The molecular weight excluding hydrogens is 282 g/mol. The average molecular weight is 301 g/mol. The van der Waals surface area contributed by atoms with Crippen molar-refractivity contribution in [2.24, 2.45) is 5.92 Å². The van der Waals surface area contributed by atoms with Gasteiger partial charge in [0.1, 0.15) is 6.33 Å². The second-order valence-electron chi connectivity index (χ2n) is 5.52. The zero-order valence-corrected chi connectivity index (χ0v) is 12.6. The van der Waals surface area contributed by atoms with Crippen molar-refractivity contribution in [3.05, 3.63) is 36.2 Å². The standard InChI is InChI=1S/C15H19N5O2/c1-22-10-12-4-3-7-19(9-12)15(21)13-5-2-6-14(8-13)20-11-16-17-18-20/h2,5-6,8,11-12H,3-4,7,9-10H2,1H3. The van der Waals surface area contributed by atoms with Gasteiger partial charge in [-0.2, -0.15) is 0 Å². The van der Waals surface area contributed by atoms with Crippen molar-refractivity contribution in [1.29, 1.82) is 0 Å². The molecule has 3 rings (SSSR count). The Labute approximate surface area is 128 Å². The van der Waals surface area contributed by atoms with Gasteiger partial charge in [-0.15, -0.1) is 5.10 Å². The fourth-order valence-electron chi connectivity index (χ4n) is 2.86. The maximum Gasteiger partial charge on any atom is 0.253 e. The van der Waals surface area contributed by atoms with Gasteiger partial charge in [-0.05, 0) is 47.4 Å². The Bertz CT molecular complexity index is 627. The molecule has 1 aliphatic heterocycles. The van der Waals surface area contributed by atoms with Gasteiger partial charge in [0, 0.05) is 25.8 Å². The van der Waals surface area contributed by atoms with E-state index in [1.165, 1.54) is 6.33 Å². The molecular formula is C15H19N5O2. The van der Waals surface area contributed by atoms with Crippen LogP contribution in [0.4, 0.5) is 0 Å². The van der Waals surface area contributed by atoms with E-state index in [2.05, 4.69) is 15.5 Å².